The van der Waals surface area contributed by atoms with Crippen molar-refractivity contribution in [2.45, 2.75) is 57.7 Å². The second-order valence-electron chi connectivity index (χ2n) is 4.86. The standard InChI is InChI=1S/C12H25N3O/c1-4-15(3)12(16)9(2)14-11-7-5-6-10(13)8-11/h9-11,14H,4-8,13H2,1-3H3. The highest BCUT2D eigenvalue weighted by molar-refractivity contribution is 5.81. The number of amides is 1. The molecule has 0 aliphatic heterocycles. The SMILES string of the molecule is CCN(C)C(=O)C(C)NC1CCCC(N)C1. The Hall–Kier alpha value is -0.610. The van der Waals surface area contributed by atoms with Crippen molar-refractivity contribution in [3.8, 4) is 0 Å². The van der Waals surface area contributed by atoms with Crippen LogP contribution >= 0.6 is 0 Å². The third-order valence-electron chi connectivity index (χ3n) is 3.42. The molecule has 0 bridgehead atoms. The van der Waals surface area contributed by atoms with Gasteiger partial charge in [-0.15, -0.1) is 0 Å². The average molecular weight is 227 g/mol. The lowest BCUT2D eigenvalue weighted by molar-refractivity contribution is -0.131. The van der Waals surface area contributed by atoms with E-state index in [-0.39, 0.29) is 11.9 Å². The van der Waals surface area contributed by atoms with Crippen molar-refractivity contribution >= 4 is 5.91 Å². The fraction of sp³-hybridized carbons (Fsp3) is 0.917. The molecule has 4 nitrogen and oxygen atoms in total. The van der Waals surface area contributed by atoms with Gasteiger partial charge in [-0.05, 0) is 33.1 Å². The van der Waals surface area contributed by atoms with Gasteiger partial charge in [-0.2, -0.15) is 0 Å². The fourth-order valence-electron chi connectivity index (χ4n) is 2.29. The normalized spacial score (nSPS) is 27.5. The molecule has 1 aliphatic carbocycles. The first-order valence-corrected chi connectivity index (χ1v) is 6.31. The largest absolute Gasteiger partial charge is 0.345 e. The number of nitrogens with two attached hydrogens (primary N) is 1. The molecule has 0 aromatic rings. The molecule has 3 unspecified atom stereocenters. The number of hydrogen-bond donors (Lipinski definition) is 2. The van der Waals surface area contributed by atoms with Gasteiger partial charge in [0.2, 0.25) is 5.91 Å². The molecule has 16 heavy (non-hydrogen) atoms. The van der Waals surface area contributed by atoms with Crippen LogP contribution in [0.2, 0.25) is 0 Å². The van der Waals surface area contributed by atoms with Gasteiger partial charge in [-0.25, -0.2) is 0 Å². The minimum Gasteiger partial charge on any atom is -0.345 e. The summed E-state index contributed by atoms with van der Waals surface area (Å²) in [4.78, 5) is 13.6. The number of nitrogens with one attached hydrogen (secondary N) is 1. The summed E-state index contributed by atoms with van der Waals surface area (Å²) in [5.41, 5.74) is 5.93. The molecule has 1 aliphatic rings. The molecule has 3 atom stereocenters. The first-order chi connectivity index (χ1) is 7.54. The maximum atomic E-state index is 11.9. The summed E-state index contributed by atoms with van der Waals surface area (Å²) >= 11 is 0. The molecule has 1 fully saturated rings. The summed E-state index contributed by atoms with van der Waals surface area (Å²) in [5.74, 6) is 0.168. The second-order valence-corrected chi connectivity index (χ2v) is 4.86. The van der Waals surface area contributed by atoms with Gasteiger partial charge in [0.15, 0.2) is 0 Å². The van der Waals surface area contributed by atoms with Crippen LogP contribution in [0.25, 0.3) is 0 Å². The monoisotopic (exact) mass is 227 g/mol. The van der Waals surface area contributed by atoms with Crippen LogP contribution in [0.15, 0.2) is 0 Å². The van der Waals surface area contributed by atoms with Gasteiger partial charge in [0.1, 0.15) is 0 Å². The Morgan fingerprint density at radius 1 is 1.56 bits per heavy atom. The Morgan fingerprint density at radius 2 is 2.25 bits per heavy atom. The molecule has 0 aromatic heterocycles. The van der Waals surface area contributed by atoms with Crippen LogP contribution in [0.3, 0.4) is 0 Å². The van der Waals surface area contributed by atoms with Crippen LogP contribution in [0.1, 0.15) is 39.5 Å². The first-order valence-electron chi connectivity index (χ1n) is 6.31. The Morgan fingerprint density at radius 3 is 2.81 bits per heavy atom. The molecule has 1 rings (SSSR count). The topological polar surface area (TPSA) is 58.4 Å². The van der Waals surface area contributed by atoms with Crippen molar-refractivity contribution in [3.05, 3.63) is 0 Å². The highest BCUT2D eigenvalue weighted by Gasteiger charge is 2.23. The minimum absolute atomic E-state index is 0.0970. The van der Waals surface area contributed by atoms with Crippen molar-refractivity contribution in [2.75, 3.05) is 13.6 Å². The molecule has 0 saturated heterocycles. The lowest BCUT2D eigenvalue weighted by Crippen LogP contribution is -2.49. The summed E-state index contributed by atoms with van der Waals surface area (Å²) in [6.07, 6.45) is 4.42. The molecule has 0 spiro atoms. The van der Waals surface area contributed by atoms with Crippen LogP contribution in [-0.2, 0) is 4.79 Å². The summed E-state index contributed by atoms with van der Waals surface area (Å²) in [5, 5.41) is 3.39. The maximum Gasteiger partial charge on any atom is 0.239 e. The average Bonchev–Trinajstić information content (AvgIpc) is 2.27. The third kappa shape index (κ3) is 3.76. The van der Waals surface area contributed by atoms with Gasteiger partial charge in [0.05, 0.1) is 6.04 Å². The Kier molecular flexibility index (Phi) is 5.22. The number of hydrogen-bond acceptors (Lipinski definition) is 3. The first kappa shape index (κ1) is 13.5. The third-order valence-corrected chi connectivity index (χ3v) is 3.42. The van der Waals surface area contributed by atoms with E-state index < -0.39 is 0 Å². The van der Waals surface area contributed by atoms with E-state index in [2.05, 4.69) is 5.32 Å². The number of carbonyl (C=O) groups is 1. The van der Waals surface area contributed by atoms with Crippen molar-refractivity contribution in [2.24, 2.45) is 5.73 Å². The zero-order valence-corrected chi connectivity index (χ0v) is 10.7. The van der Waals surface area contributed by atoms with Crippen LogP contribution < -0.4 is 11.1 Å². The van der Waals surface area contributed by atoms with Crippen molar-refractivity contribution in [1.29, 1.82) is 0 Å². The van der Waals surface area contributed by atoms with E-state index in [9.17, 15) is 4.79 Å². The summed E-state index contributed by atoms with van der Waals surface area (Å²) < 4.78 is 0. The highest BCUT2D eigenvalue weighted by Crippen LogP contribution is 2.17. The van der Waals surface area contributed by atoms with E-state index in [1.54, 1.807) is 4.90 Å². The fourth-order valence-corrected chi connectivity index (χ4v) is 2.29. The van der Waals surface area contributed by atoms with Gasteiger partial charge in [-0.1, -0.05) is 6.42 Å². The molecule has 0 radical (unpaired) electrons. The smallest absolute Gasteiger partial charge is 0.239 e. The molecule has 0 heterocycles. The predicted octanol–water partition coefficient (Wildman–Crippen LogP) is 0.713. The van der Waals surface area contributed by atoms with Crippen LogP contribution in [0.4, 0.5) is 0 Å². The summed E-state index contributed by atoms with van der Waals surface area (Å²) in [6.45, 7) is 4.69. The number of carbonyl (C=O) groups excluding carboxylic acids is 1. The quantitative estimate of drug-likeness (QED) is 0.744. The van der Waals surface area contributed by atoms with E-state index in [4.69, 9.17) is 5.73 Å². The zero-order valence-electron chi connectivity index (χ0n) is 10.7. The van der Waals surface area contributed by atoms with E-state index in [1.165, 1.54) is 6.42 Å². The van der Waals surface area contributed by atoms with Crippen molar-refractivity contribution in [3.63, 3.8) is 0 Å². The van der Waals surface area contributed by atoms with Crippen molar-refractivity contribution < 1.29 is 4.79 Å². The van der Waals surface area contributed by atoms with Crippen LogP contribution in [-0.4, -0.2) is 42.5 Å². The van der Waals surface area contributed by atoms with E-state index in [0.29, 0.717) is 12.1 Å². The lowest BCUT2D eigenvalue weighted by Gasteiger charge is -2.30. The maximum absolute atomic E-state index is 11.9. The molecule has 4 heteroatoms. The van der Waals surface area contributed by atoms with Crippen LogP contribution in [0, 0.1) is 0 Å². The summed E-state index contributed by atoms with van der Waals surface area (Å²) in [7, 11) is 1.84. The van der Waals surface area contributed by atoms with Crippen molar-refractivity contribution in [1.82, 2.24) is 10.2 Å². The number of rotatable bonds is 4. The molecular formula is C12H25N3O. The second kappa shape index (κ2) is 6.21. The zero-order chi connectivity index (χ0) is 12.1. The van der Waals surface area contributed by atoms with E-state index >= 15 is 0 Å². The predicted molar refractivity (Wildman–Crippen MR) is 66.1 cm³/mol. The van der Waals surface area contributed by atoms with Gasteiger partial charge in [0.25, 0.3) is 0 Å². The van der Waals surface area contributed by atoms with Gasteiger partial charge in [0, 0.05) is 25.7 Å². The van der Waals surface area contributed by atoms with Gasteiger partial charge in [-0.3, -0.25) is 4.79 Å². The molecular weight excluding hydrogens is 202 g/mol. The van der Waals surface area contributed by atoms with E-state index in [1.807, 2.05) is 20.9 Å². The minimum atomic E-state index is -0.0970. The molecule has 3 N–H and O–H groups in total. The Balaban J connectivity index is 2.38. The van der Waals surface area contributed by atoms with Gasteiger partial charge >= 0.3 is 0 Å². The Bertz CT molecular complexity index is 232. The number of nitrogens with zero attached hydrogens (tertiary/aromatic N) is 1. The van der Waals surface area contributed by atoms with Gasteiger partial charge < -0.3 is 16.0 Å². The Labute approximate surface area is 98.6 Å². The number of likely N-dealkylation sites (N-methyl/N-ethyl adjacent to an activating group) is 1. The molecule has 0 aromatic carbocycles. The summed E-state index contributed by atoms with van der Waals surface area (Å²) in [6, 6.07) is 0.616. The molecule has 1 amide bonds. The molecule has 94 valence electrons. The van der Waals surface area contributed by atoms with Crippen LogP contribution in [0.5, 0.6) is 0 Å². The van der Waals surface area contributed by atoms with E-state index in [0.717, 1.165) is 25.8 Å². The lowest BCUT2D eigenvalue weighted by atomic mass is 9.91. The highest BCUT2D eigenvalue weighted by atomic mass is 16.2. The molecule has 1 saturated carbocycles.